The monoisotopic (exact) mass is 576 g/mol. The predicted octanol–water partition coefficient (Wildman–Crippen LogP) is 10.1. The van der Waals surface area contributed by atoms with E-state index >= 15 is 0 Å². The Balaban J connectivity index is 1.19. The van der Waals surface area contributed by atoms with Gasteiger partial charge in [-0.15, -0.1) is 0 Å². The molecule has 5 nitrogen and oxygen atoms in total. The Labute approximate surface area is 258 Å². The average Bonchev–Trinajstić information content (AvgIpc) is 3.51. The quantitative estimate of drug-likeness (QED) is 0.209. The number of hydrogen-bond donors (Lipinski definition) is 0. The molecule has 210 valence electrons. The number of rotatable bonds is 4. The Morgan fingerprint density at radius 2 is 1.11 bits per heavy atom. The van der Waals surface area contributed by atoms with Crippen LogP contribution in [0, 0.1) is 0 Å². The molecule has 3 heterocycles. The van der Waals surface area contributed by atoms with Gasteiger partial charge in [-0.1, -0.05) is 115 Å². The van der Waals surface area contributed by atoms with E-state index in [0.717, 1.165) is 55.1 Å². The predicted molar refractivity (Wildman–Crippen MR) is 182 cm³/mol. The first kappa shape index (κ1) is 25.3. The average molecular weight is 577 g/mol. The van der Waals surface area contributed by atoms with Gasteiger partial charge in [0.2, 0.25) is 0 Å². The topological polar surface area (TPSA) is 64.7 Å². The molecule has 5 heteroatoms. The molecule has 6 aromatic carbocycles. The number of hydrogen-bond acceptors (Lipinski definition) is 5. The highest BCUT2D eigenvalue weighted by molar-refractivity contribution is 6.16. The van der Waals surface area contributed by atoms with Gasteiger partial charge in [-0.05, 0) is 51.6 Å². The lowest BCUT2D eigenvalue weighted by Gasteiger charge is -2.11. The van der Waals surface area contributed by atoms with Crippen LogP contribution in [0.4, 0.5) is 0 Å². The molecule has 0 atom stereocenters. The number of fused-ring (bicyclic) bond motifs is 6. The Morgan fingerprint density at radius 3 is 1.96 bits per heavy atom. The van der Waals surface area contributed by atoms with Crippen molar-refractivity contribution in [2.75, 3.05) is 0 Å². The normalized spacial score (nSPS) is 11.6. The number of benzene rings is 6. The first-order valence-electron chi connectivity index (χ1n) is 14.9. The first-order valence-corrected chi connectivity index (χ1v) is 14.9. The molecule has 0 N–H and O–H groups in total. The van der Waals surface area contributed by atoms with E-state index in [4.69, 9.17) is 19.4 Å². The Hall–Kier alpha value is -6.20. The summed E-state index contributed by atoms with van der Waals surface area (Å²) in [5, 5.41) is 5.44. The molecule has 0 saturated carbocycles. The van der Waals surface area contributed by atoms with Crippen molar-refractivity contribution in [2.24, 2.45) is 0 Å². The third-order valence-electron chi connectivity index (χ3n) is 8.38. The minimum Gasteiger partial charge on any atom is -0.454 e. The first-order chi connectivity index (χ1) is 22.3. The zero-order valence-corrected chi connectivity index (χ0v) is 24.1. The fourth-order valence-electron chi connectivity index (χ4n) is 6.13. The zero-order chi connectivity index (χ0) is 29.7. The maximum absolute atomic E-state index is 6.30. The van der Waals surface area contributed by atoms with E-state index in [2.05, 4.69) is 96.0 Å². The van der Waals surface area contributed by atoms with Crippen molar-refractivity contribution in [3.05, 3.63) is 146 Å². The van der Waals surface area contributed by atoms with Crippen molar-refractivity contribution in [2.45, 2.75) is 0 Å². The standard InChI is InChI=1S/C40H24N4O/c1-2-9-27(10-3-1)38-42-39(28-18-15-26(16-19-28)30-20-17-25-8-4-5-11-29(25)24-30)44-40(43-38)33-13-6-12-32-31(33)21-22-34-36-35(45-37(32)34)14-7-23-41-36/h1-24H. The van der Waals surface area contributed by atoms with Gasteiger partial charge >= 0.3 is 0 Å². The molecular formula is C40H24N4O. The lowest BCUT2D eigenvalue weighted by atomic mass is 10.00. The van der Waals surface area contributed by atoms with E-state index in [9.17, 15) is 0 Å². The molecule has 0 aliphatic rings. The molecule has 9 rings (SSSR count). The van der Waals surface area contributed by atoms with Gasteiger partial charge < -0.3 is 4.42 Å². The van der Waals surface area contributed by atoms with Crippen molar-refractivity contribution in [3.63, 3.8) is 0 Å². The molecule has 0 fully saturated rings. The smallest absolute Gasteiger partial charge is 0.164 e. The van der Waals surface area contributed by atoms with E-state index < -0.39 is 0 Å². The summed E-state index contributed by atoms with van der Waals surface area (Å²) in [6.07, 6.45) is 1.80. The summed E-state index contributed by atoms with van der Waals surface area (Å²) in [6.45, 7) is 0. The molecule has 0 aliphatic carbocycles. The van der Waals surface area contributed by atoms with Crippen LogP contribution >= 0.6 is 0 Å². The molecule has 0 amide bonds. The van der Waals surface area contributed by atoms with Crippen LogP contribution in [-0.2, 0) is 0 Å². The van der Waals surface area contributed by atoms with Crippen molar-refractivity contribution >= 4 is 43.6 Å². The minimum atomic E-state index is 0.608. The van der Waals surface area contributed by atoms with E-state index in [1.807, 2.05) is 48.5 Å². The second-order valence-corrected chi connectivity index (χ2v) is 11.1. The second-order valence-electron chi connectivity index (χ2n) is 11.1. The molecule has 0 unspecified atom stereocenters. The summed E-state index contributed by atoms with van der Waals surface area (Å²) in [5.74, 6) is 1.85. The molecule has 9 aromatic rings. The van der Waals surface area contributed by atoms with Crippen LogP contribution in [-0.4, -0.2) is 19.9 Å². The van der Waals surface area contributed by atoms with E-state index in [1.165, 1.54) is 16.3 Å². The van der Waals surface area contributed by atoms with Crippen molar-refractivity contribution in [3.8, 4) is 45.3 Å². The van der Waals surface area contributed by atoms with Crippen molar-refractivity contribution in [1.82, 2.24) is 19.9 Å². The summed E-state index contributed by atoms with van der Waals surface area (Å²) in [6, 6.07) is 47.7. The van der Waals surface area contributed by atoms with Crippen LogP contribution in [0.1, 0.15) is 0 Å². The summed E-state index contributed by atoms with van der Waals surface area (Å²) >= 11 is 0. The zero-order valence-electron chi connectivity index (χ0n) is 24.1. The molecule has 0 spiro atoms. The molecule has 3 aromatic heterocycles. The minimum absolute atomic E-state index is 0.608. The number of pyridine rings is 1. The number of aromatic nitrogens is 4. The maximum atomic E-state index is 6.30. The maximum Gasteiger partial charge on any atom is 0.164 e. The highest BCUT2D eigenvalue weighted by Crippen LogP contribution is 2.37. The third-order valence-corrected chi connectivity index (χ3v) is 8.38. The van der Waals surface area contributed by atoms with Gasteiger partial charge in [0, 0.05) is 33.7 Å². The van der Waals surface area contributed by atoms with Gasteiger partial charge in [0.1, 0.15) is 11.1 Å². The lowest BCUT2D eigenvalue weighted by Crippen LogP contribution is -2.00. The number of nitrogens with zero attached hydrogens (tertiary/aromatic N) is 4. The summed E-state index contributed by atoms with van der Waals surface area (Å²) in [7, 11) is 0. The van der Waals surface area contributed by atoms with Crippen LogP contribution in [0.2, 0.25) is 0 Å². The lowest BCUT2D eigenvalue weighted by molar-refractivity contribution is 0.672. The molecule has 0 radical (unpaired) electrons. The van der Waals surface area contributed by atoms with Gasteiger partial charge in [-0.2, -0.15) is 0 Å². The Morgan fingerprint density at radius 1 is 0.422 bits per heavy atom. The third kappa shape index (κ3) is 4.33. The summed E-state index contributed by atoms with van der Waals surface area (Å²) < 4.78 is 6.30. The van der Waals surface area contributed by atoms with Gasteiger partial charge in [0.05, 0.1) is 0 Å². The second kappa shape index (κ2) is 10.2. The van der Waals surface area contributed by atoms with E-state index in [-0.39, 0.29) is 0 Å². The molecule has 0 saturated heterocycles. The highest BCUT2D eigenvalue weighted by Gasteiger charge is 2.17. The van der Waals surface area contributed by atoms with Crippen LogP contribution in [0.15, 0.2) is 150 Å². The molecule has 45 heavy (non-hydrogen) atoms. The Bertz CT molecular complexity index is 2540. The SMILES string of the molecule is c1ccc(-c2nc(-c3ccc(-c4ccc5ccccc5c4)cc3)nc(-c3cccc4c3ccc3c5ncccc5oc43)n2)cc1. The molecular weight excluding hydrogens is 552 g/mol. The van der Waals surface area contributed by atoms with E-state index in [1.54, 1.807) is 6.20 Å². The van der Waals surface area contributed by atoms with Gasteiger partial charge in [-0.3, -0.25) is 4.98 Å². The number of furan rings is 1. The molecule has 0 aliphatic heterocycles. The van der Waals surface area contributed by atoms with E-state index in [0.29, 0.717) is 17.5 Å². The molecule has 0 bridgehead atoms. The van der Waals surface area contributed by atoms with Gasteiger partial charge in [0.15, 0.2) is 23.1 Å². The van der Waals surface area contributed by atoms with Crippen LogP contribution in [0.5, 0.6) is 0 Å². The summed E-state index contributed by atoms with van der Waals surface area (Å²) in [4.78, 5) is 19.6. The fourth-order valence-corrected chi connectivity index (χ4v) is 6.13. The van der Waals surface area contributed by atoms with Crippen LogP contribution in [0.25, 0.3) is 88.9 Å². The Kier molecular flexibility index (Phi) is 5.74. The summed E-state index contributed by atoms with van der Waals surface area (Å²) in [5.41, 5.74) is 7.52. The van der Waals surface area contributed by atoms with Crippen LogP contribution in [0.3, 0.4) is 0 Å². The largest absolute Gasteiger partial charge is 0.454 e. The highest BCUT2D eigenvalue weighted by atomic mass is 16.3. The van der Waals surface area contributed by atoms with Crippen molar-refractivity contribution < 1.29 is 4.42 Å². The van der Waals surface area contributed by atoms with Gasteiger partial charge in [-0.25, -0.2) is 15.0 Å². The van der Waals surface area contributed by atoms with Gasteiger partial charge in [0.25, 0.3) is 0 Å². The fraction of sp³-hybridized carbons (Fsp3) is 0. The van der Waals surface area contributed by atoms with Crippen LogP contribution < -0.4 is 0 Å². The van der Waals surface area contributed by atoms with Crippen molar-refractivity contribution in [1.29, 1.82) is 0 Å².